The lowest BCUT2D eigenvalue weighted by Crippen LogP contribution is -2.10. The van der Waals surface area contributed by atoms with E-state index in [4.69, 9.17) is 0 Å². The van der Waals surface area contributed by atoms with Gasteiger partial charge in [0.15, 0.2) is 0 Å². The van der Waals surface area contributed by atoms with Gasteiger partial charge in [0, 0.05) is 17.1 Å². The van der Waals surface area contributed by atoms with Gasteiger partial charge < -0.3 is 4.90 Å². The Bertz CT molecular complexity index is 2070. The Morgan fingerprint density at radius 3 is 1.68 bits per heavy atom. The second-order valence-electron chi connectivity index (χ2n) is 10.6. The Morgan fingerprint density at radius 1 is 0.386 bits per heavy atom. The predicted octanol–water partition coefficient (Wildman–Crippen LogP) is 11.7. The molecule has 7 aromatic rings. The molecule has 0 spiro atoms. The maximum atomic E-state index is 14.8. The minimum Gasteiger partial charge on any atom is -0.310 e. The molecule has 0 radical (unpaired) electrons. The summed E-state index contributed by atoms with van der Waals surface area (Å²) in [6.07, 6.45) is 0. The summed E-state index contributed by atoms with van der Waals surface area (Å²) in [6.45, 7) is 0. The van der Waals surface area contributed by atoms with Crippen LogP contribution in [0.5, 0.6) is 0 Å². The number of nitrogens with zero attached hydrogens (tertiary/aromatic N) is 1. The van der Waals surface area contributed by atoms with Crippen molar-refractivity contribution in [1.82, 2.24) is 0 Å². The van der Waals surface area contributed by atoms with Crippen molar-refractivity contribution in [3.8, 4) is 33.4 Å². The molecule has 0 fully saturated rings. The third kappa shape index (κ3) is 5.23. The third-order valence-electron chi connectivity index (χ3n) is 7.83. The van der Waals surface area contributed by atoms with E-state index in [1.165, 1.54) is 30.3 Å². The molecule has 0 N–H and O–H groups in total. The van der Waals surface area contributed by atoms with Crippen LogP contribution in [0.3, 0.4) is 0 Å². The Kier molecular flexibility index (Phi) is 7.17. The number of hydrogen-bond acceptors (Lipinski definition) is 1. The molecule has 0 aliphatic heterocycles. The predicted molar refractivity (Wildman–Crippen MR) is 175 cm³/mol. The van der Waals surface area contributed by atoms with Gasteiger partial charge in [-0.3, -0.25) is 0 Å². The molecule has 1 nitrogen and oxygen atoms in total. The Morgan fingerprint density at radius 2 is 0.977 bits per heavy atom. The molecular formula is C40H26F3N. The molecule has 212 valence electrons. The second-order valence-corrected chi connectivity index (χ2v) is 10.6. The van der Waals surface area contributed by atoms with Crippen molar-refractivity contribution in [1.29, 1.82) is 0 Å². The molecule has 0 aliphatic carbocycles. The first-order valence-corrected chi connectivity index (χ1v) is 14.3. The van der Waals surface area contributed by atoms with E-state index in [2.05, 4.69) is 48.5 Å². The highest BCUT2D eigenvalue weighted by Gasteiger charge is 2.18. The van der Waals surface area contributed by atoms with Crippen LogP contribution in [-0.2, 0) is 0 Å². The molecular weight excluding hydrogens is 551 g/mol. The van der Waals surface area contributed by atoms with E-state index in [1.807, 2.05) is 53.4 Å². The fourth-order valence-corrected chi connectivity index (χ4v) is 5.76. The van der Waals surface area contributed by atoms with Gasteiger partial charge in [-0.05, 0) is 111 Å². The van der Waals surface area contributed by atoms with Gasteiger partial charge in [-0.1, -0.05) is 84.9 Å². The van der Waals surface area contributed by atoms with Crippen molar-refractivity contribution >= 4 is 27.8 Å². The number of fused-ring (bicyclic) bond motifs is 1. The second kappa shape index (κ2) is 11.6. The van der Waals surface area contributed by atoms with Gasteiger partial charge in [0.1, 0.15) is 17.5 Å². The SMILES string of the molecule is Fc1ccc(N(c2cccc(-c3c(F)cccc3F)c2)c2ccc3c(-c4ccccc4)cc(-c4ccccc4)cc3c2)cc1. The van der Waals surface area contributed by atoms with Crippen molar-refractivity contribution in [3.05, 3.63) is 175 Å². The Labute approximate surface area is 254 Å². The van der Waals surface area contributed by atoms with Crippen molar-refractivity contribution in [3.63, 3.8) is 0 Å². The van der Waals surface area contributed by atoms with Gasteiger partial charge >= 0.3 is 0 Å². The normalized spacial score (nSPS) is 11.1. The summed E-state index contributed by atoms with van der Waals surface area (Å²) in [6, 6.07) is 48.3. The van der Waals surface area contributed by atoms with E-state index >= 15 is 0 Å². The minimum atomic E-state index is -0.636. The number of hydrogen-bond donors (Lipinski definition) is 0. The molecule has 0 heterocycles. The molecule has 4 heteroatoms. The summed E-state index contributed by atoms with van der Waals surface area (Å²) in [4.78, 5) is 1.97. The van der Waals surface area contributed by atoms with E-state index in [0.717, 1.165) is 38.7 Å². The molecule has 7 aromatic carbocycles. The maximum absolute atomic E-state index is 14.8. The summed E-state index contributed by atoms with van der Waals surface area (Å²) in [7, 11) is 0. The van der Waals surface area contributed by atoms with Crippen molar-refractivity contribution < 1.29 is 13.2 Å². The van der Waals surface area contributed by atoms with Crippen LogP contribution in [0.15, 0.2) is 158 Å². The summed E-state index contributed by atoms with van der Waals surface area (Å²) in [5, 5.41) is 2.10. The molecule has 0 saturated carbocycles. The van der Waals surface area contributed by atoms with Crippen LogP contribution in [0.4, 0.5) is 30.2 Å². The van der Waals surface area contributed by atoms with Crippen LogP contribution < -0.4 is 4.90 Å². The van der Waals surface area contributed by atoms with E-state index in [-0.39, 0.29) is 11.4 Å². The topological polar surface area (TPSA) is 3.24 Å². The van der Waals surface area contributed by atoms with Crippen LogP contribution in [0.1, 0.15) is 0 Å². The number of benzene rings is 7. The Balaban J connectivity index is 1.44. The number of rotatable bonds is 6. The lowest BCUT2D eigenvalue weighted by Gasteiger charge is -2.26. The van der Waals surface area contributed by atoms with Crippen LogP contribution in [0.2, 0.25) is 0 Å². The summed E-state index contributed by atoms with van der Waals surface area (Å²) < 4.78 is 43.6. The van der Waals surface area contributed by atoms with Crippen LogP contribution in [0, 0.1) is 17.5 Å². The molecule has 0 bridgehead atoms. The highest BCUT2D eigenvalue weighted by Crippen LogP contribution is 2.41. The maximum Gasteiger partial charge on any atom is 0.133 e. The van der Waals surface area contributed by atoms with E-state index in [0.29, 0.717) is 16.9 Å². The highest BCUT2D eigenvalue weighted by atomic mass is 19.1. The molecule has 0 unspecified atom stereocenters. The van der Waals surface area contributed by atoms with Crippen LogP contribution in [0.25, 0.3) is 44.2 Å². The number of halogens is 3. The van der Waals surface area contributed by atoms with Crippen molar-refractivity contribution in [2.75, 3.05) is 4.90 Å². The molecule has 0 amide bonds. The smallest absolute Gasteiger partial charge is 0.133 e. The molecule has 44 heavy (non-hydrogen) atoms. The average molecular weight is 578 g/mol. The van der Waals surface area contributed by atoms with E-state index in [1.54, 1.807) is 30.3 Å². The standard InChI is InChI=1S/C40H26F3N/c41-32-17-19-33(20-18-32)44(34-14-7-13-29(24-34)40-38(42)15-8-16-39(40)43)35-21-22-36-31(25-35)23-30(27-9-3-1-4-10-27)26-37(36)28-11-5-2-6-12-28/h1-26H. The molecule has 0 aliphatic rings. The largest absolute Gasteiger partial charge is 0.310 e. The summed E-state index contributed by atoms with van der Waals surface area (Å²) in [5.74, 6) is -1.62. The monoisotopic (exact) mass is 577 g/mol. The van der Waals surface area contributed by atoms with Crippen LogP contribution in [-0.4, -0.2) is 0 Å². The van der Waals surface area contributed by atoms with Gasteiger partial charge in [0.2, 0.25) is 0 Å². The van der Waals surface area contributed by atoms with Crippen LogP contribution >= 0.6 is 0 Å². The van der Waals surface area contributed by atoms with Gasteiger partial charge in [0.25, 0.3) is 0 Å². The Hall–Kier alpha value is -5.61. The third-order valence-corrected chi connectivity index (χ3v) is 7.83. The number of anilines is 3. The summed E-state index contributed by atoms with van der Waals surface area (Å²) >= 11 is 0. The lowest BCUT2D eigenvalue weighted by atomic mass is 9.92. The fraction of sp³-hybridized carbons (Fsp3) is 0. The van der Waals surface area contributed by atoms with Gasteiger partial charge in [-0.15, -0.1) is 0 Å². The minimum absolute atomic E-state index is 0.0908. The molecule has 0 aromatic heterocycles. The summed E-state index contributed by atoms with van der Waals surface area (Å²) in [5.41, 5.74) is 6.93. The quantitative estimate of drug-likeness (QED) is 0.190. The first-order valence-electron chi connectivity index (χ1n) is 14.3. The van der Waals surface area contributed by atoms with E-state index < -0.39 is 11.6 Å². The molecule has 7 rings (SSSR count). The fourth-order valence-electron chi connectivity index (χ4n) is 5.76. The average Bonchev–Trinajstić information content (AvgIpc) is 3.06. The van der Waals surface area contributed by atoms with Gasteiger partial charge in [-0.2, -0.15) is 0 Å². The zero-order valence-electron chi connectivity index (χ0n) is 23.6. The van der Waals surface area contributed by atoms with Crippen molar-refractivity contribution in [2.45, 2.75) is 0 Å². The zero-order valence-corrected chi connectivity index (χ0v) is 23.6. The zero-order chi connectivity index (χ0) is 30.0. The van der Waals surface area contributed by atoms with Gasteiger partial charge in [-0.25, -0.2) is 13.2 Å². The van der Waals surface area contributed by atoms with E-state index in [9.17, 15) is 13.2 Å². The first kappa shape index (κ1) is 27.2. The van der Waals surface area contributed by atoms with Gasteiger partial charge in [0.05, 0.1) is 5.56 Å². The highest BCUT2D eigenvalue weighted by molar-refractivity contribution is 6.02. The lowest BCUT2D eigenvalue weighted by molar-refractivity contribution is 0.589. The van der Waals surface area contributed by atoms with Crippen molar-refractivity contribution in [2.24, 2.45) is 0 Å². The molecule has 0 atom stereocenters. The molecule has 0 saturated heterocycles. The first-order chi connectivity index (χ1) is 21.5.